The Morgan fingerprint density at radius 3 is 2.41 bits per heavy atom. The topological polar surface area (TPSA) is 49.9 Å². The largest absolute Gasteiger partial charge is 0.461 e. The van der Waals surface area contributed by atoms with Crippen LogP contribution in [0.5, 0.6) is 0 Å². The molecule has 0 radical (unpaired) electrons. The van der Waals surface area contributed by atoms with Crippen LogP contribution in [0, 0.1) is 0 Å². The first-order chi connectivity index (χ1) is 8.10. The number of ether oxygens (including phenoxy) is 1. The highest BCUT2D eigenvalue weighted by Gasteiger charge is 2.41. The van der Waals surface area contributed by atoms with Crippen molar-refractivity contribution in [2.45, 2.75) is 43.9 Å². The van der Waals surface area contributed by atoms with Gasteiger partial charge < -0.3 is 9.64 Å². The molecular weight excluding hydrogens is 220 g/mol. The fourth-order valence-electron chi connectivity index (χ4n) is 2.91. The first-order valence-electron chi connectivity index (χ1n) is 6.17. The number of piperidine rings is 1. The number of nitrogens with zero attached hydrogens (tertiary/aromatic N) is 2. The Labute approximate surface area is 102 Å². The minimum absolute atomic E-state index is 0.00356. The second-order valence-electron chi connectivity index (χ2n) is 5.26. The van der Waals surface area contributed by atoms with Crippen molar-refractivity contribution in [3.8, 4) is 0 Å². The van der Waals surface area contributed by atoms with Crippen LogP contribution in [0.4, 0.5) is 0 Å². The Balaban J connectivity index is 1.85. The van der Waals surface area contributed by atoms with Crippen molar-refractivity contribution in [3.05, 3.63) is 0 Å². The van der Waals surface area contributed by atoms with E-state index in [9.17, 15) is 9.59 Å². The lowest BCUT2D eigenvalue weighted by Gasteiger charge is -2.36. The van der Waals surface area contributed by atoms with Gasteiger partial charge in [-0.05, 0) is 26.9 Å². The van der Waals surface area contributed by atoms with E-state index in [4.69, 9.17) is 4.74 Å². The quantitative estimate of drug-likeness (QED) is 0.522. The number of esters is 1. The van der Waals surface area contributed by atoms with Gasteiger partial charge in [-0.1, -0.05) is 0 Å². The molecule has 2 aliphatic rings. The Bertz CT molecular complexity index is 292. The second-order valence-corrected chi connectivity index (χ2v) is 5.26. The number of carbonyl (C=O) groups excluding carboxylic acids is 2. The van der Waals surface area contributed by atoms with E-state index in [2.05, 4.69) is 0 Å². The van der Waals surface area contributed by atoms with E-state index in [1.165, 1.54) is 0 Å². The molecule has 17 heavy (non-hydrogen) atoms. The molecule has 2 bridgehead atoms. The standard InChI is InChI=1S/C12H20N2O3/c1-13(2)7-12(16)17-11-5-9-3-4-10(6-11)14(9)8-15/h8-11H,3-7H2,1-2H3/t9-,10+,11?. The monoisotopic (exact) mass is 240 g/mol. The molecule has 0 N–H and O–H groups in total. The Morgan fingerprint density at radius 2 is 1.94 bits per heavy atom. The molecule has 0 aromatic carbocycles. The summed E-state index contributed by atoms with van der Waals surface area (Å²) in [4.78, 5) is 26.2. The Kier molecular flexibility index (Phi) is 3.66. The number of rotatable bonds is 4. The summed E-state index contributed by atoms with van der Waals surface area (Å²) in [7, 11) is 3.69. The summed E-state index contributed by atoms with van der Waals surface area (Å²) in [6.45, 7) is 0.323. The third kappa shape index (κ3) is 2.77. The zero-order valence-electron chi connectivity index (χ0n) is 10.5. The van der Waals surface area contributed by atoms with E-state index in [-0.39, 0.29) is 24.2 Å². The summed E-state index contributed by atoms with van der Waals surface area (Å²) >= 11 is 0. The van der Waals surface area contributed by atoms with Crippen LogP contribution in [0.15, 0.2) is 0 Å². The van der Waals surface area contributed by atoms with Crippen LogP contribution in [-0.2, 0) is 14.3 Å². The number of likely N-dealkylation sites (N-methyl/N-ethyl adjacent to an activating group) is 1. The van der Waals surface area contributed by atoms with E-state index in [1.807, 2.05) is 19.0 Å². The van der Waals surface area contributed by atoms with E-state index >= 15 is 0 Å². The van der Waals surface area contributed by atoms with Crippen LogP contribution in [0.25, 0.3) is 0 Å². The average Bonchev–Trinajstić information content (AvgIpc) is 2.48. The maximum atomic E-state index is 11.6. The smallest absolute Gasteiger partial charge is 0.320 e. The molecule has 2 fully saturated rings. The van der Waals surface area contributed by atoms with Crippen molar-refractivity contribution in [3.63, 3.8) is 0 Å². The Morgan fingerprint density at radius 1 is 1.35 bits per heavy atom. The normalized spacial score (nSPS) is 31.7. The summed E-state index contributed by atoms with van der Waals surface area (Å²) in [6, 6.07) is 0.562. The van der Waals surface area contributed by atoms with Crippen LogP contribution < -0.4 is 0 Å². The van der Waals surface area contributed by atoms with Gasteiger partial charge in [-0.2, -0.15) is 0 Å². The van der Waals surface area contributed by atoms with Crippen LogP contribution >= 0.6 is 0 Å². The van der Waals surface area contributed by atoms with Crippen molar-refractivity contribution in [2.24, 2.45) is 0 Å². The fourth-order valence-corrected chi connectivity index (χ4v) is 2.91. The van der Waals surface area contributed by atoms with E-state index in [1.54, 1.807) is 4.90 Å². The molecule has 0 aliphatic carbocycles. The van der Waals surface area contributed by atoms with Crippen molar-refractivity contribution in [1.82, 2.24) is 9.80 Å². The van der Waals surface area contributed by atoms with Crippen LogP contribution in [0.1, 0.15) is 25.7 Å². The fraction of sp³-hybridized carbons (Fsp3) is 0.833. The predicted octanol–water partition coefficient (Wildman–Crippen LogP) is 0.243. The first kappa shape index (κ1) is 12.4. The van der Waals surface area contributed by atoms with Gasteiger partial charge in [-0.3, -0.25) is 14.5 Å². The van der Waals surface area contributed by atoms with Crippen LogP contribution in [-0.4, -0.2) is 61.0 Å². The van der Waals surface area contributed by atoms with Crippen molar-refractivity contribution < 1.29 is 14.3 Å². The van der Waals surface area contributed by atoms with E-state index < -0.39 is 0 Å². The van der Waals surface area contributed by atoms with Gasteiger partial charge in [0.05, 0.1) is 6.54 Å². The summed E-state index contributed by atoms with van der Waals surface area (Å²) < 4.78 is 5.45. The Hall–Kier alpha value is -1.10. The molecule has 96 valence electrons. The molecule has 2 heterocycles. The lowest BCUT2D eigenvalue weighted by Crippen LogP contribution is -2.45. The number of fused-ring (bicyclic) bond motifs is 2. The molecule has 0 aromatic heterocycles. The SMILES string of the molecule is CN(C)CC(=O)OC1C[C@H]2CC[C@@H](C1)N2C=O. The van der Waals surface area contributed by atoms with Crippen molar-refractivity contribution in [1.29, 1.82) is 0 Å². The van der Waals surface area contributed by atoms with Crippen LogP contribution in [0.3, 0.4) is 0 Å². The van der Waals surface area contributed by atoms with Crippen molar-refractivity contribution >= 4 is 12.4 Å². The third-order valence-electron chi connectivity index (χ3n) is 3.61. The predicted molar refractivity (Wildman–Crippen MR) is 62.4 cm³/mol. The highest BCUT2D eigenvalue weighted by Crippen LogP contribution is 2.35. The van der Waals surface area contributed by atoms with Crippen molar-refractivity contribution in [2.75, 3.05) is 20.6 Å². The van der Waals surface area contributed by atoms with Gasteiger partial charge in [0.25, 0.3) is 0 Å². The summed E-state index contributed by atoms with van der Waals surface area (Å²) in [5.41, 5.74) is 0. The lowest BCUT2D eigenvalue weighted by atomic mass is 10.0. The summed E-state index contributed by atoms with van der Waals surface area (Å²) in [6.07, 6.45) is 4.63. The molecule has 0 aromatic rings. The minimum atomic E-state index is -0.168. The molecule has 2 aliphatic heterocycles. The number of hydrogen-bond acceptors (Lipinski definition) is 4. The molecule has 1 amide bonds. The molecule has 2 rings (SSSR count). The van der Waals surface area contributed by atoms with E-state index in [0.29, 0.717) is 6.54 Å². The highest BCUT2D eigenvalue weighted by molar-refractivity contribution is 5.71. The second kappa shape index (κ2) is 5.04. The van der Waals surface area contributed by atoms with Gasteiger partial charge in [0.1, 0.15) is 6.10 Å². The molecule has 5 nitrogen and oxygen atoms in total. The average molecular weight is 240 g/mol. The number of amides is 1. The molecule has 0 spiro atoms. The van der Waals surface area contributed by atoms with Gasteiger partial charge >= 0.3 is 5.97 Å². The van der Waals surface area contributed by atoms with Crippen LogP contribution in [0.2, 0.25) is 0 Å². The molecule has 2 saturated heterocycles. The van der Waals surface area contributed by atoms with Gasteiger partial charge in [-0.25, -0.2) is 0 Å². The molecule has 0 saturated carbocycles. The maximum absolute atomic E-state index is 11.6. The third-order valence-corrected chi connectivity index (χ3v) is 3.61. The highest BCUT2D eigenvalue weighted by atomic mass is 16.5. The van der Waals surface area contributed by atoms with Gasteiger partial charge in [0.2, 0.25) is 6.41 Å². The lowest BCUT2D eigenvalue weighted by molar-refractivity contribution is -0.153. The van der Waals surface area contributed by atoms with Gasteiger partial charge in [-0.15, -0.1) is 0 Å². The molecule has 1 unspecified atom stereocenters. The zero-order valence-corrected chi connectivity index (χ0v) is 10.5. The zero-order chi connectivity index (χ0) is 12.4. The van der Waals surface area contributed by atoms with Gasteiger partial charge in [0, 0.05) is 24.9 Å². The minimum Gasteiger partial charge on any atom is -0.461 e. The number of hydrogen-bond donors (Lipinski definition) is 0. The summed E-state index contributed by atoms with van der Waals surface area (Å²) in [5, 5.41) is 0. The summed E-state index contributed by atoms with van der Waals surface area (Å²) in [5.74, 6) is -0.168. The first-order valence-corrected chi connectivity index (χ1v) is 6.17. The van der Waals surface area contributed by atoms with E-state index in [0.717, 1.165) is 32.1 Å². The molecule has 3 atom stereocenters. The van der Waals surface area contributed by atoms with Gasteiger partial charge in [0.15, 0.2) is 0 Å². The maximum Gasteiger partial charge on any atom is 0.320 e. The molecular formula is C12H20N2O3. The molecule has 5 heteroatoms. The number of carbonyl (C=O) groups is 2.